The van der Waals surface area contributed by atoms with Crippen LogP contribution in [0, 0.1) is 5.92 Å². The molecular weight excluding hydrogens is 535 g/mol. The first-order valence-electron chi connectivity index (χ1n) is 11.6. The lowest BCUT2D eigenvalue weighted by Crippen LogP contribution is -2.47. The lowest BCUT2D eigenvalue weighted by Gasteiger charge is -2.34. The van der Waals surface area contributed by atoms with Crippen LogP contribution < -0.4 is 15.4 Å². The number of para-hydroxylation sites is 1. The maximum atomic E-state index is 12.7. The zero-order chi connectivity index (χ0) is 22.1. The van der Waals surface area contributed by atoms with E-state index in [9.17, 15) is 4.79 Å². The van der Waals surface area contributed by atoms with Gasteiger partial charge < -0.3 is 20.3 Å². The minimum atomic E-state index is 0. The van der Waals surface area contributed by atoms with E-state index in [-0.39, 0.29) is 29.9 Å². The minimum absolute atomic E-state index is 0. The second kappa shape index (κ2) is 14.2. The number of aliphatic imine (C=N–C) groups is 1. The van der Waals surface area contributed by atoms with Crippen LogP contribution in [-0.2, 0) is 4.79 Å². The summed E-state index contributed by atoms with van der Waals surface area (Å²) in [6, 6.07) is 8.60. The summed E-state index contributed by atoms with van der Waals surface area (Å²) in [5.74, 6) is 4.94. The molecule has 0 radical (unpaired) electrons. The smallest absolute Gasteiger partial charge is 0.225 e. The first-order chi connectivity index (χ1) is 15.1. The van der Waals surface area contributed by atoms with Crippen LogP contribution in [0.5, 0.6) is 5.75 Å². The quantitative estimate of drug-likeness (QED) is 0.222. The lowest BCUT2D eigenvalue weighted by molar-refractivity contribution is -0.136. The molecular formula is C24H39IN4O2S. The van der Waals surface area contributed by atoms with Crippen molar-refractivity contribution in [2.24, 2.45) is 10.9 Å². The molecule has 1 amide bonds. The van der Waals surface area contributed by atoms with Crippen LogP contribution in [0.3, 0.4) is 0 Å². The number of hydrogen-bond donors (Lipinski definition) is 2. The first kappa shape index (κ1) is 27.1. The molecule has 2 fully saturated rings. The third-order valence-electron chi connectivity index (χ3n) is 6.16. The van der Waals surface area contributed by atoms with Crippen molar-refractivity contribution >= 4 is 47.6 Å². The molecule has 2 aliphatic rings. The Labute approximate surface area is 214 Å². The molecule has 3 rings (SSSR count). The highest BCUT2D eigenvalue weighted by Gasteiger charge is 2.30. The maximum absolute atomic E-state index is 12.7. The summed E-state index contributed by atoms with van der Waals surface area (Å²) in [5, 5.41) is 6.89. The maximum Gasteiger partial charge on any atom is 0.225 e. The lowest BCUT2D eigenvalue weighted by atomic mass is 9.85. The fourth-order valence-corrected chi connectivity index (χ4v) is 5.24. The predicted molar refractivity (Wildman–Crippen MR) is 146 cm³/mol. The van der Waals surface area contributed by atoms with Crippen molar-refractivity contribution in [3.63, 3.8) is 0 Å². The van der Waals surface area contributed by atoms with E-state index in [1.807, 2.05) is 23.9 Å². The number of rotatable bonds is 7. The van der Waals surface area contributed by atoms with Crippen molar-refractivity contribution in [1.29, 1.82) is 0 Å². The number of amides is 1. The molecule has 1 aliphatic carbocycles. The molecule has 1 saturated carbocycles. The largest absolute Gasteiger partial charge is 0.491 e. The Balaban J connectivity index is 0.00000363. The number of carbonyl (C=O) groups is 1. The molecule has 1 heterocycles. The summed E-state index contributed by atoms with van der Waals surface area (Å²) >= 11 is 1.95. The number of nitrogens with zero attached hydrogens (tertiary/aromatic N) is 2. The van der Waals surface area contributed by atoms with E-state index in [0.29, 0.717) is 31.0 Å². The molecule has 8 heteroatoms. The van der Waals surface area contributed by atoms with Crippen LogP contribution in [0.15, 0.2) is 29.3 Å². The molecule has 0 spiro atoms. The first-order valence-corrected chi connectivity index (χ1v) is 12.8. The third kappa shape index (κ3) is 8.01. The van der Waals surface area contributed by atoms with E-state index in [4.69, 9.17) is 4.74 Å². The van der Waals surface area contributed by atoms with Crippen LogP contribution in [0.4, 0.5) is 0 Å². The number of nitrogens with one attached hydrogen (secondary N) is 2. The molecule has 2 N–H and O–H groups in total. The van der Waals surface area contributed by atoms with E-state index in [2.05, 4.69) is 46.5 Å². The van der Waals surface area contributed by atoms with Gasteiger partial charge >= 0.3 is 0 Å². The van der Waals surface area contributed by atoms with Gasteiger partial charge in [-0.2, -0.15) is 11.8 Å². The van der Waals surface area contributed by atoms with E-state index in [0.717, 1.165) is 62.0 Å². The van der Waals surface area contributed by atoms with Gasteiger partial charge in [0.2, 0.25) is 5.91 Å². The van der Waals surface area contributed by atoms with E-state index < -0.39 is 0 Å². The van der Waals surface area contributed by atoms with Gasteiger partial charge in [-0.15, -0.1) is 24.0 Å². The van der Waals surface area contributed by atoms with Gasteiger partial charge in [0.25, 0.3) is 0 Å². The molecule has 0 unspecified atom stereocenters. The number of halogens is 1. The van der Waals surface area contributed by atoms with Crippen molar-refractivity contribution < 1.29 is 9.53 Å². The van der Waals surface area contributed by atoms with Gasteiger partial charge in [0, 0.05) is 43.6 Å². The van der Waals surface area contributed by atoms with Crippen LogP contribution >= 0.6 is 35.7 Å². The number of carbonyl (C=O) groups excluding carboxylic acids is 1. The number of guanidine groups is 1. The molecule has 1 aromatic carbocycles. The van der Waals surface area contributed by atoms with Gasteiger partial charge in [-0.3, -0.25) is 9.79 Å². The topological polar surface area (TPSA) is 66.0 Å². The Morgan fingerprint density at radius 1 is 1.19 bits per heavy atom. The average Bonchev–Trinajstić information content (AvgIpc) is 2.81. The molecule has 1 saturated heterocycles. The second-order valence-electron chi connectivity index (χ2n) is 8.67. The van der Waals surface area contributed by atoms with Crippen LogP contribution in [0.25, 0.3) is 0 Å². The van der Waals surface area contributed by atoms with Crippen LogP contribution in [0.1, 0.15) is 51.0 Å². The highest BCUT2D eigenvalue weighted by Crippen LogP contribution is 2.27. The summed E-state index contributed by atoms with van der Waals surface area (Å²) < 4.78 is 5.99. The van der Waals surface area contributed by atoms with Crippen molar-refractivity contribution in [3.05, 3.63) is 29.8 Å². The fraction of sp³-hybridized carbons (Fsp3) is 0.667. The normalized spacial score (nSPS) is 21.6. The van der Waals surface area contributed by atoms with Crippen molar-refractivity contribution in [1.82, 2.24) is 15.5 Å². The standard InChI is InChI=1S/C24H38N4O2S.HI/c1-18(2)21-6-4-5-7-22(21)30-15-12-26-24(25-3)27-20-10-8-19(9-11-20)23(29)28-13-16-31-17-14-28;/h4-7,18-20H,8-17H2,1-3H3,(H2,25,26,27);1H. The Bertz CT molecular complexity index is 732. The van der Waals surface area contributed by atoms with Crippen LogP contribution in [0.2, 0.25) is 0 Å². The van der Waals surface area contributed by atoms with Crippen molar-refractivity contribution in [2.75, 3.05) is 44.8 Å². The molecule has 0 atom stereocenters. The van der Waals surface area contributed by atoms with Gasteiger partial charge in [-0.1, -0.05) is 32.0 Å². The Hall–Kier alpha value is -1.16. The van der Waals surface area contributed by atoms with Gasteiger partial charge in [0.15, 0.2) is 5.96 Å². The van der Waals surface area contributed by atoms with Gasteiger partial charge in [-0.25, -0.2) is 0 Å². The highest BCUT2D eigenvalue weighted by molar-refractivity contribution is 14.0. The van der Waals surface area contributed by atoms with Gasteiger partial charge in [0.1, 0.15) is 12.4 Å². The number of thioether (sulfide) groups is 1. The number of hydrogen-bond acceptors (Lipinski definition) is 4. The summed E-state index contributed by atoms with van der Waals surface area (Å²) in [7, 11) is 1.80. The Morgan fingerprint density at radius 2 is 1.88 bits per heavy atom. The SMILES string of the molecule is CN=C(NCCOc1ccccc1C(C)C)NC1CCC(C(=O)N2CCSCC2)CC1.I. The summed E-state index contributed by atoms with van der Waals surface area (Å²) in [4.78, 5) is 19.2. The molecule has 1 aliphatic heterocycles. The molecule has 0 bridgehead atoms. The van der Waals surface area contributed by atoms with Crippen molar-refractivity contribution in [3.8, 4) is 5.75 Å². The average molecular weight is 575 g/mol. The monoisotopic (exact) mass is 574 g/mol. The number of benzene rings is 1. The number of ether oxygens (including phenoxy) is 1. The minimum Gasteiger partial charge on any atom is -0.491 e. The molecule has 0 aromatic heterocycles. The van der Waals surface area contributed by atoms with E-state index >= 15 is 0 Å². The fourth-order valence-electron chi connectivity index (χ4n) is 4.33. The van der Waals surface area contributed by atoms with Crippen molar-refractivity contribution in [2.45, 2.75) is 51.5 Å². The summed E-state index contributed by atoms with van der Waals surface area (Å²) in [6.07, 6.45) is 3.95. The Morgan fingerprint density at radius 3 is 2.53 bits per heavy atom. The predicted octanol–water partition coefficient (Wildman–Crippen LogP) is 4.11. The zero-order valence-electron chi connectivity index (χ0n) is 19.6. The summed E-state index contributed by atoms with van der Waals surface area (Å²) in [5.41, 5.74) is 1.24. The molecule has 6 nitrogen and oxygen atoms in total. The van der Waals surface area contributed by atoms with E-state index in [1.165, 1.54) is 5.56 Å². The Kier molecular flexibility index (Phi) is 12.0. The van der Waals surface area contributed by atoms with Crippen LogP contribution in [-0.4, -0.2) is 67.6 Å². The third-order valence-corrected chi connectivity index (χ3v) is 7.10. The highest BCUT2D eigenvalue weighted by atomic mass is 127. The van der Waals surface area contributed by atoms with Gasteiger partial charge in [-0.05, 0) is 43.2 Å². The molecule has 180 valence electrons. The molecule has 1 aromatic rings. The zero-order valence-corrected chi connectivity index (χ0v) is 22.8. The van der Waals surface area contributed by atoms with Gasteiger partial charge in [0.05, 0.1) is 6.54 Å². The summed E-state index contributed by atoms with van der Waals surface area (Å²) in [6.45, 7) is 7.47. The van der Waals surface area contributed by atoms with E-state index in [1.54, 1.807) is 7.05 Å². The second-order valence-corrected chi connectivity index (χ2v) is 9.90. The molecule has 32 heavy (non-hydrogen) atoms.